The van der Waals surface area contributed by atoms with Crippen molar-refractivity contribution < 1.29 is 35.8 Å². The van der Waals surface area contributed by atoms with Gasteiger partial charge in [-0.25, -0.2) is 0 Å². The average Bonchev–Trinajstić information content (AvgIpc) is 2.05. The molecule has 3 heteroatoms. The number of ketones is 1. The normalized spacial score (nSPS) is 10.4. The van der Waals surface area contributed by atoms with Gasteiger partial charge in [-0.1, -0.05) is 30.3 Å². The SMILES string of the molecule is C/C(N)=C\C(=O)c1ccccc1.[H-].[Na+]. The minimum Gasteiger partial charge on any atom is -1.00 e. The molecule has 0 unspecified atom stereocenters. The first-order chi connectivity index (χ1) is 5.70. The van der Waals surface area contributed by atoms with Crippen LogP contribution in [0.25, 0.3) is 0 Å². The van der Waals surface area contributed by atoms with E-state index >= 15 is 0 Å². The molecule has 0 heterocycles. The molecule has 0 fully saturated rings. The summed E-state index contributed by atoms with van der Waals surface area (Å²) in [6.07, 6.45) is 1.43. The van der Waals surface area contributed by atoms with Crippen molar-refractivity contribution in [3.05, 3.63) is 47.7 Å². The molecule has 0 aromatic heterocycles. The molecule has 1 aromatic rings. The summed E-state index contributed by atoms with van der Waals surface area (Å²) in [4.78, 5) is 11.3. The van der Waals surface area contributed by atoms with Gasteiger partial charge in [0.1, 0.15) is 0 Å². The van der Waals surface area contributed by atoms with E-state index in [0.717, 1.165) is 0 Å². The molecule has 0 saturated heterocycles. The van der Waals surface area contributed by atoms with E-state index in [1.54, 1.807) is 19.1 Å². The Morgan fingerprint density at radius 2 is 1.92 bits per heavy atom. The first-order valence-electron chi connectivity index (χ1n) is 3.73. The van der Waals surface area contributed by atoms with Gasteiger partial charge in [0, 0.05) is 17.3 Å². The number of carbonyl (C=O) groups excluding carboxylic acids is 1. The van der Waals surface area contributed by atoms with Crippen LogP contribution in [0.1, 0.15) is 18.7 Å². The van der Waals surface area contributed by atoms with Gasteiger partial charge < -0.3 is 7.16 Å². The number of allylic oxidation sites excluding steroid dienone is 2. The van der Waals surface area contributed by atoms with Gasteiger partial charge in [-0.05, 0) is 6.92 Å². The van der Waals surface area contributed by atoms with E-state index in [1.165, 1.54) is 6.08 Å². The molecule has 0 spiro atoms. The van der Waals surface area contributed by atoms with Gasteiger partial charge in [-0.3, -0.25) is 4.79 Å². The van der Waals surface area contributed by atoms with Crippen molar-refractivity contribution in [3.63, 3.8) is 0 Å². The van der Waals surface area contributed by atoms with Gasteiger partial charge in [-0.2, -0.15) is 0 Å². The molecule has 0 aliphatic heterocycles. The predicted octanol–water partition coefficient (Wildman–Crippen LogP) is -1.15. The molecule has 0 amide bonds. The van der Waals surface area contributed by atoms with E-state index in [1.807, 2.05) is 18.2 Å². The van der Waals surface area contributed by atoms with Gasteiger partial charge in [-0.15, -0.1) is 0 Å². The largest absolute Gasteiger partial charge is 1.00 e. The second-order valence-electron chi connectivity index (χ2n) is 2.62. The number of hydrogen-bond acceptors (Lipinski definition) is 2. The molecule has 2 nitrogen and oxygen atoms in total. The van der Waals surface area contributed by atoms with Crippen LogP contribution in [-0.4, -0.2) is 5.78 Å². The molecule has 1 aromatic carbocycles. The smallest absolute Gasteiger partial charge is 1.00 e. The Balaban J connectivity index is 0. The third-order valence-corrected chi connectivity index (χ3v) is 1.42. The van der Waals surface area contributed by atoms with Crippen LogP contribution in [0.2, 0.25) is 0 Å². The fraction of sp³-hybridized carbons (Fsp3) is 0.100. The number of hydrogen-bond donors (Lipinski definition) is 1. The Bertz CT molecular complexity index is 307. The first-order valence-corrected chi connectivity index (χ1v) is 3.73. The van der Waals surface area contributed by atoms with Crippen LogP contribution in [-0.2, 0) is 0 Å². The van der Waals surface area contributed by atoms with E-state index in [2.05, 4.69) is 0 Å². The molecule has 0 radical (unpaired) electrons. The van der Waals surface area contributed by atoms with Gasteiger partial charge in [0.05, 0.1) is 0 Å². The topological polar surface area (TPSA) is 43.1 Å². The van der Waals surface area contributed by atoms with E-state index in [9.17, 15) is 4.79 Å². The summed E-state index contributed by atoms with van der Waals surface area (Å²) in [6, 6.07) is 9.05. The van der Waals surface area contributed by atoms with E-state index in [4.69, 9.17) is 5.73 Å². The zero-order chi connectivity index (χ0) is 8.97. The molecule has 0 aliphatic rings. The van der Waals surface area contributed by atoms with Gasteiger partial charge in [0.15, 0.2) is 5.78 Å². The van der Waals surface area contributed by atoms with Crippen LogP contribution < -0.4 is 35.3 Å². The Kier molecular flexibility index (Phi) is 5.71. The second kappa shape index (κ2) is 5.97. The van der Waals surface area contributed by atoms with Crippen molar-refractivity contribution in [2.24, 2.45) is 5.73 Å². The zero-order valence-corrected chi connectivity index (χ0v) is 9.95. The Labute approximate surface area is 102 Å². The molecule has 64 valence electrons. The zero-order valence-electron chi connectivity index (χ0n) is 8.95. The quantitative estimate of drug-likeness (QED) is 0.359. The molecule has 0 aliphatic carbocycles. The number of benzene rings is 1. The minimum absolute atomic E-state index is 0. The Morgan fingerprint density at radius 3 is 2.38 bits per heavy atom. The Morgan fingerprint density at radius 1 is 1.38 bits per heavy atom. The monoisotopic (exact) mass is 185 g/mol. The van der Waals surface area contributed by atoms with Crippen molar-refractivity contribution in [3.8, 4) is 0 Å². The maximum absolute atomic E-state index is 11.3. The summed E-state index contributed by atoms with van der Waals surface area (Å²) in [5.41, 5.74) is 6.57. The van der Waals surface area contributed by atoms with Crippen LogP contribution in [0.3, 0.4) is 0 Å². The third-order valence-electron chi connectivity index (χ3n) is 1.42. The molecule has 0 saturated carbocycles. The fourth-order valence-corrected chi connectivity index (χ4v) is 0.893. The third kappa shape index (κ3) is 4.27. The van der Waals surface area contributed by atoms with Crippen LogP contribution in [0, 0.1) is 0 Å². The second-order valence-corrected chi connectivity index (χ2v) is 2.62. The minimum atomic E-state index is -0.0457. The van der Waals surface area contributed by atoms with Crippen molar-refractivity contribution in [1.82, 2.24) is 0 Å². The number of carbonyl (C=O) groups is 1. The van der Waals surface area contributed by atoms with Crippen LogP contribution in [0.5, 0.6) is 0 Å². The van der Waals surface area contributed by atoms with E-state index in [-0.39, 0.29) is 36.8 Å². The van der Waals surface area contributed by atoms with Gasteiger partial charge in [0.2, 0.25) is 0 Å². The standard InChI is InChI=1S/C10H11NO.Na.H/c1-8(11)7-10(12)9-5-3-2-4-6-9;;/h2-7H,11H2,1H3;;/q;+1;-1/b8-7+;;. The molecule has 13 heavy (non-hydrogen) atoms. The number of rotatable bonds is 2. The van der Waals surface area contributed by atoms with Crippen molar-refractivity contribution in [2.75, 3.05) is 0 Å². The van der Waals surface area contributed by atoms with Crippen LogP contribution in [0.4, 0.5) is 0 Å². The first kappa shape index (κ1) is 12.4. The molecule has 0 bridgehead atoms. The summed E-state index contributed by atoms with van der Waals surface area (Å²) in [5.74, 6) is -0.0457. The summed E-state index contributed by atoms with van der Waals surface area (Å²) < 4.78 is 0. The van der Waals surface area contributed by atoms with Crippen LogP contribution in [0.15, 0.2) is 42.1 Å². The number of nitrogens with two attached hydrogens (primary N) is 1. The summed E-state index contributed by atoms with van der Waals surface area (Å²) in [6.45, 7) is 1.70. The molecule has 0 atom stereocenters. The molecular formula is C10H12NNaO. The predicted molar refractivity (Wildman–Crippen MR) is 49.8 cm³/mol. The maximum Gasteiger partial charge on any atom is 1.00 e. The van der Waals surface area contributed by atoms with Gasteiger partial charge in [0.25, 0.3) is 0 Å². The summed E-state index contributed by atoms with van der Waals surface area (Å²) >= 11 is 0. The molecule has 2 N–H and O–H groups in total. The van der Waals surface area contributed by atoms with Crippen molar-refractivity contribution in [1.29, 1.82) is 0 Å². The fourth-order valence-electron chi connectivity index (χ4n) is 0.893. The summed E-state index contributed by atoms with van der Waals surface area (Å²) in [7, 11) is 0. The molecular weight excluding hydrogens is 173 g/mol. The summed E-state index contributed by atoms with van der Waals surface area (Å²) in [5, 5.41) is 0. The molecule has 1 rings (SSSR count). The van der Waals surface area contributed by atoms with E-state index in [0.29, 0.717) is 11.3 Å². The van der Waals surface area contributed by atoms with Crippen LogP contribution >= 0.6 is 0 Å². The Hall–Kier alpha value is -0.570. The van der Waals surface area contributed by atoms with Gasteiger partial charge >= 0.3 is 29.6 Å². The van der Waals surface area contributed by atoms with Crippen molar-refractivity contribution in [2.45, 2.75) is 6.92 Å². The average molecular weight is 185 g/mol. The van der Waals surface area contributed by atoms with Crippen molar-refractivity contribution >= 4 is 5.78 Å². The maximum atomic E-state index is 11.3. The van der Waals surface area contributed by atoms with E-state index < -0.39 is 0 Å².